The van der Waals surface area contributed by atoms with E-state index in [-0.39, 0.29) is 5.60 Å². The van der Waals surface area contributed by atoms with Crippen molar-refractivity contribution in [3.8, 4) is 0 Å². The van der Waals surface area contributed by atoms with E-state index in [1.807, 2.05) is 0 Å². The van der Waals surface area contributed by atoms with Crippen LogP contribution >= 0.6 is 0 Å². The summed E-state index contributed by atoms with van der Waals surface area (Å²) in [7, 11) is 0. The van der Waals surface area contributed by atoms with E-state index in [1.165, 1.54) is 0 Å². The second-order valence-corrected chi connectivity index (χ2v) is 4.05. The lowest BCUT2D eigenvalue weighted by Crippen LogP contribution is -2.37. The van der Waals surface area contributed by atoms with Gasteiger partial charge in [0.1, 0.15) is 0 Å². The van der Waals surface area contributed by atoms with Crippen molar-refractivity contribution in [1.29, 1.82) is 0 Å². The van der Waals surface area contributed by atoms with E-state index in [0.717, 1.165) is 19.3 Å². The zero-order chi connectivity index (χ0) is 6.77. The van der Waals surface area contributed by atoms with Crippen LogP contribution in [-0.4, -0.2) is 23.9 Å². The summed E-state index contributed by atoms with van der Waals surface area (Å²) in [6.07, 6.45) is 4.84. The van der Waals surface area contributed by atoms with Crippen molar-refractivity contribution in [1.82, 2.24) is 0 Å². The monoisotopic (exact) mass is 140 g/mol. The SMILES string of the molecule is CC12CC3CC(O1)C(C2)O3. The zero-order valence-electron chi connectivity index (χ0n) is 6.17. The molecule has 0 radical (unpaired) electrons. The molecule has 4 aliphatic rings. The molecule has 4 bridgehead atoms. The van der Waals surface area contributed by atoms with Crippen LogP contribution in [0, 0.1) is 0 Å². The lowest BCUT2D eigenvalue weighted by Gasteiger charge is -2.33. The van der Waals surface area contributed by atoms with Gasteiger partial charge in [-0.1, -0.05) is 0 Å². The highest BCUT2D eigenvalue weighted by Gasteiger charge is 2.56. The predicted molar refractivity (Wildman–Crippen MR) is 35.8 cm³/mol. The van der Waals surface area contributed by atoms with Gasteiger partial charge in [-0.3, -0.25) is 0 Å². The first-order chi connectivity index (χ1) is 4.75. The molecule has 4 fully saturated rings. The minimum absolute atomic E-state index is 0.191. The molecule has 4 rings (SSSR count). The molecule has 0 aromatic carbocycles. The summed E-state index contributed by atoms with van der Waals surface area (Å²) in [6.45, 7) is 2.22. The van der Waals surface area contributed by atoms with E-state index in [4.69, 9.17) is 9.47 Å². The van der Waals surface area contributed by atoms with E-state index in [0.29, 0.717) is 18.3 Å². The Bertz CT molecular complexity index is 159. The maximum absolute atomic E-state index is 5.81. The standard InChI is InChI=1S/C8H12O2/c1-8-3-5-2-6(10-8)7(4-8)9-5/h5-7H,2-4H2,1H3. The van der Waals surface area contributed by atoms with E-state index >= 15 is 0 Å². The zero-order valence-corrected chi connectivity index (χ0v) is 6.17. The van der Waals surface area contributed by atoms with Gasteiger partial charge in [-0.05, 0) is 6.92 Å². The first-order valence-corrected chi connectivity index (χ1v) is 4.08. The molecule has 0 saturated carbocycles. The summed E-state index contributed by atoms with van der Waals surface area (Å²) >= 11 is 0. The first-order valence-electron chi connectivity index (χ1n) is 4.08. The fourth-order valence-corrected chi connectivity index (χ4v) is 2.69. The van der Waals surface area contributed by atoms with Crippen LogP contribution in [0.4, 0.5) is 0 Å². The van der Waals surface area contributed by atoms with Gasteiger partial charge in [0, 0.05) is 19.3 Å². The Hall–Kier alpha value is -0.0800. The van der Waals surface area contributed by atoms with Crippen LogP contribution in [0.5, 0.6) is 0 Å². The van der Waals surface area contributed by atoms with E-state index < -0.39 is 0 Å². The average Bonchev–Trinajstić information content (AvgIpc) is 2.16. The highest BCUT2D eigenvalue weighted by Crippen LogP contribution is 2.49. The van der Waals surface area contributed by atoms with Gasteiger partial charge in [0.25, 0.3) is 0 Å². The van der Waals surface area contributed by atoms with Gasteiger partial charge >= 0.3 is 0 Å². The Balaban J connectivity index is 2.01. The van der Waals surface area contributed by atoms with Crippen molar-refractivity contribution < 1.29 is 9.47 Å². The molecule has 0 aliphatic carbocycles. The van der Waals surface area contributed by atoms with Crippen LogP contribution in [0.25, 0.3) is 0 Å². The molecule has 4 unspecified atom stereocenters. The number of hydrogen-bond acceptors (Lipinski definition) is 2. The molecule has 0 aromatic rings. The Morgan fingerprint density at radius 3 is 2.80 bits per heavy atom. The minimum atomic E-state index is 0.191. The number of hydrogen-bond donors (Lipinski definition) is 0. The van der Waals surface area contributed by atoms with Gasteiger partial charge in [-0.25, -0.2) is 0 Å². The van der Waals surface area contributed by atoms with Crippen molar-refractivity contribution >= 4 is 0 Å². The lowest BCUT2D eigenvalue weighted by molar-refractivity contribution is -0.0907. The summed E-state index contributed by atoms with van der Waals surface area (Å²) < 4.78 is 11.5. The molecular weight excluding hydrogens is 128 g/mol. The van der Waals surface area contributed by atoms with Crippen molar-refractivity contribution in [3.63, 3.8) is 0 Å². The Kier molecular flexibility index (Phi) is 0.783. The van der Waals surface area contributed by atoms with Crippen LogP contribution in [0.3, 0.4) is 0 Å². The fourth-order valence-electron chi connectivity index (χ4n) is 2.69. The van der Waals surface area contributed by atoms with Gasteiger partial charge in [-0.2, -0.15) is 0 Å². The molecular formula is C8H12O2. The minimum Gasteiger partial charge on any atom is -0.372 e. The summed E-state index contributed by atoms with van der Waals surface area (Å²) in [5.41, 5.74) is 0.191. The second kappa shape index (κ2) is 1.41. The summed E-state index contributed by atoms with van der Waals surface area (Å²) in [6, 6.07) is 0. The molecule has 10 heavy (non-hydrogen) atoms. The van der Waals surface area contributed by atoms with Gasteiger partial charge in [0.05, 0.1) is 23.9 Å². The van der Waals surface area contributed by atoms with E-state index in [2.05, 4.69) is 6.92 Å². The third-order valence-corrected chi connectivity index (χ3v) is 3.01. The molecule has 4 saturated heterocycles. The summed E-state index contributed by atoms with van der Waals surface area (Å²) in [4.78, 5) is 0. The smallest absolute Gasteiger partial charge is 0.0870 e. The maximum Gasteiger partial charge on any atom is 0.0870 e. The maximum atomic E-state index is 5.81. The molecule has 0 aromatic heterocycles. The van der Waals surface area contributed by atoms with Gasteiger partial charge in [0.2, 0.25) is 0 Å². The molecule has 0 amide bonds. The normalized spacial score (nSPS) is 63.9. The largest absolute Gasteiger partial charge is 0.372 e. The van der Waals surface area contributed by atoms with Crippen LogP contribution in [0.15, 0.2) is 0 Å². The fraction of sp³-hybridized carbons (Fsp3) is 1.00. The Morgan fingerprint density at radius 1 is 1.30 bits per heavy atom. The van der Waals surface area contributed by atoms with E-state index in [1.54, 1.807) is 0 Å². The Morgan fingerprint density at radius 2 is 2.20 bits per heavy atom. The number of ether oxygens (including phenoxy) is 2. The topological polar surface area (TPSA) is 18.5 Å². The van der Waals surface area contributed by atoms with Gasteiger partial charge < -0.3 is 9.47 Å². The van der Waals surface area contributed by atoms with Crippen molar-refractivity contribution in [2.24, 2.45) is 0 Å². The molecule has 0 spiro atoms. The summed E-state index contributed by atoms with van der Waals surface area (Å²) in [5, 5.41) is 0. The van der Waals surface area contributed by atoms with E-state index in [9.17, 15) is 0 Å². The molecule has 4 heterocycles. The average molecular weight is 140 g/mol. The molecule has 56 valence electrons. The highest BCUT2D eigenvalue weighted by atomic mass is 16.6. The summed E-state index contributed by atoms with van der Waals surface area (Å²) in [5.74, 6) is 0. The number of rotatable bonds is 0. The molecule has 2 heteroatoms. The first kappa shape index (κ1) is 5.56. The molecule has 4 aliphatic heterocycles. The van der Waals surface area contributed by atoms with Crippen molar-refractivity contribution in [2.75, 3.05) is 0 Å². The second-order valence-electron chi connectivity index (χ2n) is 4.05. The molecule has 4 atom stereocenters. The Labute approximate surface area is 60.5 Å². The van der Waals surface area contributed by atoms with Crippen LogP contribution in [0.1, 0.15) is 26.2 Å². The highest BCUT2D eigenvalue weighted by molar-refractivity contribution is 5.04. The van der Waals surface area contributed by atoms with Crippen LogP contribution in [-0.2, 0) is 9.47 Å². The third-order valence-electron chi connectivity index (χ3n) is 3.01. The molecule has 2 nitrogen and oxygen atoms in total. The van der Waals surface area contributed by atoms with Crippen molar-refractivity contribution in [3.05, 3.63) is 0 Å². The van der Waals surface area contributed by atoms with Crippen LogP contribution < -0.4 is 0 Å². The van der Waals surface area contributed by atoms with Crippen molar-refractivity contribution in [2.45, 2.75) is 50.1 Å². The predicted octanol–water partition coefficient (Wildman–Crippen LogP) is 1.10. The molecule has 0 N–H and O–H groups in total. The van der Waals surface area contributed by atoms with Crippen LogP contribution in [0.2, 0.25) is 0 Å². The van der Waals surface area contributed by atoms with Gasteiger partial charge in [0.15, 0.2) is 0 Å². The third kappa shape index (κ3) is 0.523. The lowest BCUT2D eigenvalue weighted by atomic mass is 9.93. The van der Waals surface area contributed by atoms with Gasteiger partial charge in [-0.15, -0.1) is 0 Å². The quantitative estimate of drug-likeness (QED) is 0.501.